The smallest absolute Gasteiger partial charge is 0.256 e. The number of ketones is 1. The minimum atomic E-state index is -0.815. The molecule has 0 saturated carbocycles. The van der Waals surface area contributed by atoms with Gasteiger partial charge in [-0.1, -0.05) is 42.5 Å². The molecule has 0 atom stereocenters. The molecular weight excluding hydrogens is 316 g/mol. The SMILES string of the molecule is COC1(C(=O)Nc2cccc(C(=O)c3ccccc3)c2)CCNCC1. The maximum Gasteiger partial charge on any atom is 0.256 e. The Morgan fingerprint density at radius 3 is 2.36 bits per heavy atom. The molecular formula is C20H22N2O3. The van der Waals surface area contributed by atoms with Crippen LogP contribution >= 0.6 is 0 Å². The van der Waals surface area contributed by atoms with Crippen molar-refractivity contribution in [3.05, 3.63) is 65.7 Å². The van der Waals surface area contributed by atoms with Crippen LogP contribution in [-0.4, -0.2) is 37.5 Å². The molecule has 5 nitrogen and oxygen atoms in total. The van der Waals surface area contributed by atoms with Crippen LogP contribution in [0.4, 0.5) is 5.69 Å². The molecule has 1 heterocycles. The summed E-state index contributed by atoms with van der Waals surface area (Å²) in [6.07, 6.45) is 1.25. The standard InChI is InChI=1S/C20H22N2O3/c1-25-20(10-12-21-13-11-20)19(24)22-17-9-5-8-16(14-17)18(23)15-6-3-2-4-7-15/h2-9,14,21H,10-13H2,1H3,(H,22,24). The molecule has 0 radical (unpaired) electrons. The highest BCUT2D eigenvalue weighted by Crippen LogP contribution is 2.25. The molecule has 1 saturated heterocycles. The van der Waals surface area contributed by atoms with Crippen molar-refractivity contribution >= 4 is 17.4 Å². The predicted octanol–water partition coefficient (Wildman–Crippen LogP) is 2.62. The number of hydrogen-bond donors (Lipinski definition) is 2. The van der Waals surface area contributed by atoms with Crippen molar-refractivity contribution < 1.29 is 14.3 Å². The molecule has 0 spiro atoms. The van der Waals surface area contributed by atoms with E-state index in [0.29, 0.717) is 29.7 Å². The molecule has 0 bridgehead atoms. The predicted molar refractivity (Wildman–Crippen MR) is 96.8 cm³/mol. The first kappa shape index (κ1) is 17.3. The van der Waals surface area contributed by atoms with E-state index >= 15 is 0 Å². The molecule has 1 amide bonds. The van der Waals surface area contributed by atoms with Gasteiger partial charge in [-0.15, -0.1) is 0 Å². The summed E-state index contributed by atoms with van der Waals surface area (Å²) in [6, 6.07) is 16.1. The molecule has 3 rings (SSSR count). The molecule has 1 aliphatic heterocycles. The van der Waals surface area contributed by atoms with Crippen LogP contribution in [0.15, 0.2) is 54.6 Å². The number of ether oxygens (including phenoxy) is 1. The van der Waals surface area contributed by atoms with Gasteiger partial charge in [-0.25, -0.2) is 0 Å². The zero-order valence-electron chi connectivity index (χ0n) is 14.2. The summed E-state index contributed by atoms with van der Waals surface area (Å²) < 4.78 is 5.54. The van der Waals surface area contributed by atoms with Crippen molar-refractivity contribution in [3.8, 4) is 0 Å². The highest BCUT2D eigenvalue weighted by molar-refractivity contribution is 6.09. The van der Waals surface area contributed by atoms with Gasteiger partial charge in [0, 0.05) is 23.9 Å². The number of benzene rings is 2. The van der Waals surface area contributed by atoms with Crippen LogP contribution in [-0.2, 0) is 9.53 Å². The number of nitrogens with one attached hydrogen (secondary N) is 2. The van der Waals surface area contributed by atoms with Crippen molar-refractivity contribution in [2.24, 2.45) is 0 Å². The Bertz CT molecular complexity index is 753. The van der Waals surface area contributed by atoms with Gasteiger partial charge in [-0.2, -0.15) is 0 Å². The summed E-state index contributed by atoms with van der Waals surface area (Å²) in [5.41, 5.74) is 0.949. The Labute approximate surface area is 147 Å². The van der Waals surface area contributed by atoms with E-state index in [2.05, 4.69) is 10.6 Å². The molecule has 1 fully saturated rings. The average Bonchev–Trinajstić information content (AvgIpc) is 2.68. The minimum Gasteiger partial charge on any atom is -0.368 e. The molecule has 25 heavy (non-hydrogen) atoms. The number of carbonyl (C=O) groups excluding carboxylic acids is 2. The Hall–Kier alpha value is -2.50. The third-order valence-corrected chi connectivity index (χ3v) is 4.63. The van der Waals surface area contributed by atoms with E-state index in [9.17, 15) is 9.59 Å². The summed E-state index contributed by atoms with van der Waals surface area (Å²) in [5.74, 6) is -0.235. The second-order valence-electron chi connectivity index (χ2n) is 6.18. The lowest BCUT2D eigenvalue weighted by Crippen LogP contribution is -2.51. The third kappa shape index (κ3) is 3.78. The molecule has 0 aliphatic carbocycles. The quantitative estimate of drug-likeness (QED) is 0.823. The van der Waals surface area contributed by atoms with Crippen LogP contribution in [0.2, 0.25) is 0 Å². The van der Waals surface area contributed by atoms with E-state index in [1.165, 1.54) is 0 Å². The van der Waals surface area contributed by atoms with E-state index in [1.54, 1.807) is 43.5 Å². The second kappa shape index (κ2) is 7.59. The minimum absolute atomic E-state index is 0.0694. The summed E-state index contributed by atoms with van der Waals surface area (Å²) in [6.45, 7) is 1.49. The summed E-state index contributed by atoms with van der Waals surface area (Å²) >= 11 is 0. The van der Waals surface area contributed by atoms with Gasteiger partial charge in [-0.3, -0.25) is 9.59 Å². The fourth-order valence-corrected chi connectivity index (χ4v) is 3.09. The largest absolute Gasteiger partial charge is 0.368 e. The van der Waals surface area contributed by atoms with Crippen molar-refractivity contribution in [1.82, 2.24) is 5.32 Å². The number of methoxy groups -OCH3 is 1. The monoisotopic (exact) mass is 338 g/mol. The van der Waals surface area contributed by atoms with Gasteiger partial charge in [-0.05, 0) is 38.1 Å². The zero-order valence-corrected chi connectivity index (χ0v) is 14.2. The normalized spacial score (nSPS) is 16.2. The fourth-order valence-electron chi connectivity index (χ4n) is 3.09. The summed E-state index contributed by atoms with van der Waals surface area (Å²) in [4.78, 5) is 25.3. The fraction of sp³-hybridized carbons (Fsp3) is 0.300. The molecule has 2 N–H and O–H groups in total. The van der Waals surface area contributed by atoms with Gasteiger partial charge in [0.1, 0.15) is 5.60 Å². The van der Waals surface area contributed by atoms with Gasteiger partial charge < -0.3 is 15.4 Å². The molecule has 1 aliphatic rings. The molecule has 2 aromatic rings. The number of hydrogen-bond acceptors (Lipinski definition) is 4. The Balaban J connectivity index is 1.77. The Morgan fingerprint density at radius 1 is 1.00 bits per heavy atom. The van der Waals surface area contributed by atoms with Crippen molar-refractivity contribution in [1.29, 1.82) is 0 Å². The molecule has 5 heteroatoms. The molecule has 130 valence electrons. The van der Waals surface area contributed by atoms with Crippen molar-refractivity contribution in [2.45, 2.75) is 18.4 Å². The van der Waals surface area contributed by atoms with Gasteiger partial charge in [0.25, 0.3) is 5.91 Å². The van der Waals surface area contributed by atoms with Crippen LogP contribution in [0, 0.1) is 0 Å². The van der Waals surface area contributed by atoms with Crippen LogP contribution in [0.5, 0.6) is 0 Å². The van der Waals surface area contributed by atoms with Crippen molar-refractivity contribution in [2.75, 3.05) is 25.5 Å². The van der Waals surface area contributed by atoms with Crippen LogP contribution in [0.1, 0.15) is 28.8 Å². The lowest BCUT2D eigenvalue weighted by atomic mass is 9.91. The van der Waals surface area contributed by atoms with E-state index in [4.69, 9.17) is 4.74 Å². The first-order valence-corrected chi connectivity index (χ1v) is 8.42. The molecule has 0 unspecified atom stereocenters. The zero-order chi connectivity index (χ0) is 17.7. The number of amides is 1. The highest BCUT2D eigenvalue weighted by Gasteiger charge is 2.39. The molecule has 0 aromatic heterocycles. The first-order valence-electron chi connectivity index (χ1n) is 8.42. The van der Waals surface area contributed by atoms with Crippen LogP contribution < -0.4 is 10.6 Å². The Morgan fingerprint density at radius 2 is 1.68 bits per heavy atom. The van der Waals surface area contributed by atoms with Gasteiger partial charge in [0.05, 0.1) is 0 Å². The van der Waals surface area contributed by atoms with E-state index < -0.39 is 5.60 Å². The highest BCUT2D eigenvalue weighted by atomic mass is 16.5. The lowest BCUT2D eigenvalue weighted by molar-refractivity contribution is -0.140. The van der Waals surface area contributed by atoms with E-state index in [1.807, 2.05) is 18.2 Å². The van der Waals surface area contributed by atoms with Crippen LogP contribution in [0.25, 0.3) is 0 Å². The maximum atomic E-state index is 12.7. The maximum absolute atomic E-state index is 12.7. The Kier molecular flexibility index (Phi) is 5.26. The topological polar surface area (TPSA) is 67.4 Å². The van der Waals surface area contributed by atoms with E-state index in [-0.39, 0.29) is 11.7 Å². The lowest BCUT2D eigenvalue weighted by Gasteiger charge is -2.34. The first-order chi connectivity index (χ1) is 12.1. The number of piperidine rings is 1. The van der Waals surface area contributed by atoms with Gasteiger partial charge in [0.15, 0.2) is 5.78 Å². The number of rotatable bonds is 5. The third-order valence-electron chi connectivity index (χ3n) is 4.63. The summed E-state index contributed by atoms with van der Waals surface area (Å²) in [5, 5.41) is 6.14. The van der Waals surface area contributed by atoms with Crippen LogP contribution in [0.3, 0.4) is 0 Å². The second-order valence-corrected chi connectivity index (χ2v) is 6.18. The van der Waals surface area contributed by atoms with Gasteiger partial charge in [0.2, 0.25) is 0 Å². The summed E-state index contributed by atoms with van der Waals surface area (Å²) in [7, 11) is 1.57. The number of carbonyl (C=O) groups is 2. The molecule has 2 aromatic carbocycles. The van der Waals surface area contributed by atoms with E-state index in [0.717, 1.165) is 13.1 Å². The van der Waals surface area contributed by atoms with Gasteiger partial charge >= 0.3 is 0 Å². The number of anilines is 1. The average molecular weight is 338 g/mol. The van der Waals surface area contributed by atoms with Crippen molar-refractivity contribution in [3.63, 3.8) is 0 Å².